The van der Waals surface area contributed by atoms with Crippen LogP contribution in [0, 0.1) is 0 Å². The molecule has 29 valence electrons. The van der Waals surface area contributed by atoms with Crippen molar-refractivity contribution in [1.29, 1.82) is 0 Å². The van der Waals surface area contributed by atoms with E-state index in [2.05, 4.69) is 5.32 Å². The molecule has 0 atom stereocenters. The Kier molecular flexibility index (Phi) is 1.00. The van der Waals surface area contributed by atoms with Gasteiger partial charge in [0.1, 0.15) is 0 Å². The maximum absolute atomic E-state index is 3.82. The summed E-state index contributed by atoms with van der Waals surface area (Å²) in [6.07, 6.45) is 3.61. The average Bonchev–Trinajstić information content (AvgIpc) is 1.72. The van der Waals surface area contributed by atoms with Crippen molar-refractivity contribution in [2.45, 2.75) is 0 Å². The van der Waals surface area contributed by atoms with Crippen molar-refractivity contribution in [1.82, 2.24) is 5.32 Å². The Morgan fingerprint density at radius 1 is 1.17 bits per heavy atom. The van der Waals surface area contributed by atoms with E-state index in [-0.39, 0.29) is 0 Å². The van der Waals surface area contributed by atoms with Gasteiger partial charge in [-0.15, -0.1) is 0 Å². The van der Waals surface area contributed by atoms with E-state index in [0.29, 0.717) is 0 Å². The third-order valence-corrected chi connectivity index (χ3v) is 0.655. The van der Waals surface area contributed by atoms with Crippen molar-refractivity contribution in [3.8, 4) is 0 Å². The third kappa shape index (κ3) is 0.644. The summed E-state index contributed by atoms with van der Waals surface area (Å²) in [6, 6.07) is 0. The van der Waals surface area contributed by atoms with Crippen LogP contribution >= 0.6 is 0 Å². The second-order valence-corrected chi connectivity index (χ2v) is 1.15. The fourth-order valence-corrected chi connectivity index (χ4v) is 0.372. The maximum Gasteiger partial charge on any atom is 0.177 e. The molecule has 0 amide bonds. The highest BCUT2D eigenvalue weighted by atomic mass is 14.8. The molecule has 0 fully saturated rings. The van der Waals surface area contributed by atoms with Gasteiger partial charge in [0, 0.05) is 12.4 Å². The Labute approximate surface area is 38.0 Å². The average molecular weight is 77.9 g/mol. The van der Waals surface area contributed by atoms with Gasteiger partial charge in [0.25, 0.3) is 0 Å². The number of rotatable bonds is 0. The fourth-order valence-electron chi connectivity index (χ4n) is 0.372. The molecule has 6 heavy (non-hydrogen) atoms. The Morgan fingerprint density at radius 3 is 2.00 bits per heavy atom. The minimum Gasteiger partial charge on any atom is -0.267 e. The lowest BCUT2D eigenvalue weighted by atomic mass is 9.78. The van der Waals surface area contributed by atoms with Crippen molar-refractivity contribution in [3.63, 3.8) is 0 Å². The summed E-state index contributed by atoms with van der Waals surface area (Å²) >= 11 is 0. The summed E-state index contributed by atoms with van der Waals surface area (Å²) in [5.74, 6) is 4.03. The van der Waals surface area contributed by atoms with Crippen LogP contribution in [0.3, 0.4) is 0 Å². The predicted octanol–water partition coefficient (Wildman–Crippen LogP) is -0.0167. The lowest BCUT2D eigenvalue weighted by Crippen LogP contribution is -1.91. The lowest BCUT2D eigenvalue weighted by molar-refractivity contribution is 1.17. The van der Waals surface area contributed by atoms with Crippen LogP contribution in [0.1, 0.15) is 0 Å². The van der Waals surface area contributed by atoms with E-state index in [1.165, 1.54) is 0 Å². The van der Waals surface area contributed by atoms with Crippen molar-refractivity contribution >= 4 is 7.28 Å². The molecular formula is C4H5BN. The largest absolute Gasteiger partial charge is 0.267 e. The zero-order valence-corrected chi connectivity index (χ0v) is 3.46. The van der Waals surface area contributed by atoms with E-state index in [4.69, 9.17) is 0 Å². The summed E-state index contributed by atoms with van der Waals surface area (Å²) in [5, 5.41) is 3.82. The topological polar surface area (TPSA) is 14.1 Å². The molecule has 1 aliphatic rings. The van der Waals surface area contributed by atoms with Gasteiger partial charge in [-0.3, -0.25) is 5.32 Å². The van der Waals surface area contributed by atoms with Crippen molar-refractivity contribution in [3.05, 3.63) is 24.4 Å². The van der Waals surface area contributed by atoms with E-state index in [0.717, 1.165) is 7.28 Å². The number of hydrogen-bond acceptors (Lipinski definition) is 0. The first kappa shape index (κ1) is 3.53. The minimum absolute atomic E-state index is 1.05. The Hall–Kier alpha value is -0.655. The van der Waals surface area contributed by atoms with E-state index in [1.807, 2.05) is 12.0 Å². The van der Waals surface area contributed by atoms with E-state index in [9.17, 15) is 0 Å². The predicted molar refractivity (Wildman–Crippen MR) is 27.6 cm³/mol. The van der Waals surface area contributed by atoms with Crippen LogP contribution in [0.5, 0.6) is 0 Å². The molecule has 0 unspecified atom stereocenters. The molecule has 2 heteroatoms. The SMILES string of the molecule is B1C=C[N]C=C1. The van der Waals surface area contributed by atoms with Crippen LogP contribution < -0.4 is 5.32 Å². The van der Waals surface area contributed by atoms with E-state index < -0.39 is 0 Å². The second kappa shape index (κ2) is 1.70. The fraction of sp³-hybridized carbons (Fsp3) is 0. The molecule has 0 N–H and O–H groups in total. The van der Waals surface area contributed by atoms with Crippen LogP contribution in [0.15, 0.2) is 24.4 Å². The van der Waals surface area contributed by atoms with Gasteiger partial charge in [-0.25, -0.2) is 0 Å². The molecule has 0 aromatic carbocycles. The Bertz CT molecular complexity index is 65.5. The first-order valence-corrected chi connectivity index (χ1v) is 2.00. The van der Waals surface area contributed by atoms with Gasteiger partial charge >= 0.3 is 0 Å². The van der Waals surface area contributed by atoms with Crippen molar-refractivity contribution in [2.75, 3.05) is 0 Å². The summed E-state index contributed by atoms with van der Waals surface area (Å²) in [6.45, 7) is 0. The number of nitrogens with zero attached hydrogens (tertiary/aromatic N) is 1. The molecule has 0 aromatic heterocycles. The van der Waals surface area contributed by atoms with Crippen molar-refractivity contribution < 1.29 is 0 Å². The molecule has 0 aliphatic carbocycles. The van der Waals surface area contributed by atoms with Gasteiger partial charge in [0.15, 0.2) is 7.28 Å². The summed E-state index contributed by atoms with van der Waals surface area (Å²) < 4.78 is 0. The molecule has 0 bridgehead atoms. The summed E-state index contributed by atoms with van der Waals surface area (Å²) in [5.41, 5.74) is 0. The monoisotopic (exact) mass is 78.1 g/mol. The second-order valence-electron chi connectivity index (χ2n) is 1.15. The molecule has 1 rings (SSSR count). The summed E-state index contributed by atoms with van der Waals surface area (Å²) in [4.78, 5) is 0. The van der Waals surface area contributed by atoms with Crippen molar-refractivity contribution in [2.24, 2.45) is 0 Å². The first-order valence-electron chi connectivity index (χ1n) is 2.00. The van der Waals surface area contributed by atoms with E-state index >= 15 is 0 Å². The molecule has 0 saturated carbocycles. The molecule has 0 saturated heterocycles. The van der Waals surface area contributed by atoms with Crippen LogP contribution in [0.4, 0.5) is 0 Å². The highest BCUT2D eigenvalue weighted by molar-refractivity contribution is 6.48. The zero-order valence-electron chi connectivity index (χ0n) is 3.46. The van der Waals surface area contributed by atoms with E-state index in [1.54, 1.807) is 12.4 Å². The smallest absolute Gasteiger partial charge is 0.177 e. The summed E-state index contributed by atoms with van der Waals surface area (Å²) in [7, 11) is 1.05. The highest BCUT2D eigenvalue weighted by Crippen LogP contribution is 1.77. The lowest BCUT2D eigenvalue weighted by Gasteiger charge is -1.87. The zero-order chi connectivity index (χ0) is 4.24. The van der Waals surface area contributed by atoms with Gasteiger partial charge in [0.2, 0.25) is 0 Å². The van der Waals surface area contributed by atoms with Gasteiger partial charge in [-0.05, 0) is 0 Å². The van der Waals surface area contributed by atoms with Gasteiger partial charge in [-0.1, -0.05) is 12.0 Å². The van der Waals surface area contributed by atoms with Crippen LogP contribution in [-0.4, -0.2) is 7.28 Å². The third-order valence-electron chi connectivity index (χ3n) is 0.655. The standard InChI is InChI=1S/C4H5BN/c1-3-6-4-2-5-1/h1-5H. The molecule has 0 spiro atoms. The van der Waals surface area contributed by atoms with Crippen LogP contribution in [0.25, 0.3) is 0 Å². The molecule has 1 aliphatic heterocycles. The molecule has 1 radical (unpaired) electrons. The minimum atomic E-state index is 1.05. The van der Waals surface area contributed by atoms with Crippen LogP contribution in [0.2, 0.25) is 0 Å². The maximum atomic E-state index is 3.82. The normalized spacial score (nSPS) is 16.0. The quantitative estimate of drug-likeness (QED) is 0.361. The van der Waals surface area contributed by atoms with Gasteiger partial charge in [0.05, 0.1) is 0 Å². The molecule has 1 nitrogen and oxygen atoms in total. The molecular weight excluding hydrogens is 72.9 g/mol. The van der Waals surface area contributed by atoms with Gasteiger partial charge < -0.3 is 0 Å². The van der Waals surface area contributed by atoms with Crippen LogP contribution in [-0.2, 0) is 0 Å². The highest BCUT2D eigenvalue weighted by Gasteiger charge is 1.78. The Morgan fingerprint density at radius 2 is 1.83 bits per heavy atom. The van der Waals surface area contributed by atoms with Gasteiger partial charge in [-0.2, -0.15) is 0 Å². The number of hydrogen-bond donors (Lipinski definition) is 0. The molecule has 1 heterocycles. The molecule has 0 aromatic rings. The first-order chi connectivity index (χ1) is 3.00. The Balaban J connectivity index is 2.40.